The van der Waals surface area contributed by atoms with E-state index in [-0.39, 0.29) is 5.78 Å². The Morgan fingerprint density at radius 2 is 1.89 bits per heavy atom. The Kier molecular flexibility index (Phi) is 7.18. The molecule has 0 aliphatic rings. The first-order chi connectivity index (χ1) is 13.5. The van der Waals surface area contributed by atoms with Gasteiger partial charge in [0.25, 0.3) is 0 Å². The average molecular weight is 498 g/mol. The predicted octanol–water partition coefficient (Wildman–Crippen LogP) is 7.30. The Morgan fingerprint density at radius 3 is 2.57 bits per heavy atom. The van der Waals surface area contributed by atoms with Crippen LogP contribution >= 0.6 is 50.5 Å². The molecule has 0 aliphatic carbocycles. The van der Waals surface area contributed by atoms with Crippen LogP contribution in [0.25, 0.3) is 6.08 Å². The quantitative estimate of drug-likeness (QED) is 0.253. The van der Waals surface area contributed by atoms with Gasteiger partial charge in [0.05, 0.1) is 20.8 Å². The number of hydrogen-bond acceptors (Lipinski definition) is 4. The molecule has 0 amide bonds. The summed E-state index contributed by atoms with van der Waals surface area (Å²) in [4.78, 5) is 12.8. The van der Waals surface area contributed by atoms with E-state index in [4.69, 9.17) is 32.7 Å². The van der Waals surface area contributed by atoms with Gasteiger partial charge in [-0.1, -0.05) is 35.3 Å². The van der Waals surface area contributed by atoms with Gasteiger partial charge in [0.1, 0.15) is 18.1 Å². The van der Waals surface area contributed by atoms with Crippen molar-refractivity contribution in [2.24, 2.45) is 0 Å². The molecule has 3 nitrogen and oxygen atoms in total. The van der Waals surface area contributed by atoms with Crippen LogP contribution < -0.4 is 9.47 Å². The van der Waals surface area contributed by atoms with Gasteiger partial charge >= 0.3 is 0 Å². The lowest BCUT2D eigenvalue weighted by molar-refractivity contribution is 0.105. The average Bonchev–Trinajstić information content (AvgIpc) is 3.12. The number of carbonyl (C=O) groups is 1. The van der Waals surface area contributed by atoms with Gasteiger partial charge in [0.15, 0.2) is 5.78 Å². The van der Waals surface area contributed by atoms with E-state index < -0.39 is 0 Å². The SMILES string of the molecule is COc1ccc(/C=C/C(=O)c2ccc(Cl)s2)cc1COc1ccc(Cl)cc1Br. The van der Waals surface area contributed by atoms with E-state index in [1.165, 1.54) is 17.4 Å². The summed E-state index contributed by atoms with van der Waals surface area (Å²) in [5, 5.41) is 0.626. The molecule has 2 aromatic carbocycles. The van der Waals surface area contributed by atoms with Crippen LogP contribution in [0, 0.1) is 0 Å². The van der Waals surface area contributed by atoms with E-state index in [0.29, 0.717) is 32.3 Å². The Morgan fingerprint density at radius 1 is 1.11 bits per heavy atom. The third-order valence-electron chi connectivity index (χ3n) is 3.82. The lowest BCUT2D eigenvalue weighted by atomic mass is 10.1. The van der Waals surface area contributed by atoms with Gasteiger partial charge in [0, 0.05) is 10.6 Å². The summed E-state index contributed by atoms with van der Waals surface area (Å²) >= 11 is 16.5. The fourth-order valence-corrected chi connectivity index (χ4v) is 4.22. The van der Waals surface area contributed by atoms with Gasteiger partial charge in [-0.3, -0.25) is 4.79 Å². The van der Waals surface area contributed by atoms with Gasteiger partial charge in [-0.15, -0.1) is 11.3 Å². The molecule has 28 heavy (non-hydrogen) atoms. The lowest BCUT2D eigenvalue weighted by Gasteiger charge is -2.12. The number of thiophene rings is 1. The Bertz CT molecular complexity index is 1030. The molecule has 0 spiro atoms. The monoisotopic (exact) mass is 496 g/mol. The molecule has 0 saturated heterocycles. The molecule has 0 fully saturated rings. The first kappa shape index (κ1) is 20.9. The molecule has 0 bridgehead atoms. The van der Waals surface area contributed by atoms with E-state index in [1.54, 1.807) is 43.5 Å². The van der Waals surface area contributed by atoms with Crippen LogP contribution in [0.15, 0.2) is 59.1 Å². The van der Waals surface area contributed by atoms with Crippen LogP contribution in [0.5, 0.6) is 11.5 Å². The van der Waals surface area contributed by atoms with Crippen molar-refractivity contribution in [1.29, 1.82) is 0 Å². The van der Waals surface area contributed by atoms with Crippen LogP contribution in [-0.2, 0) is 6.61 Å². The second-order valence-corrected chi connectivity index (χ2v) is 8.74. The highest BCUT2D eigenvalue weighted by Crippen LogP contribution is 2.30. The molecule has 0 atom stereocenters. The second-order valence-electron chi connectivity index (χ2n) is 5.74. The van der Waals surface area contributed by atoms with Crippen molar-refractivity contribution in [3.05, 3.63) is 84.4 Å². The van der Waals surface area contributed by atoms with E-state index >= 15 is 0 Å². The highest BCUT2D eigenvalue weighted by Gasteiger charge is 2.09. The van der Waals surface area contributed by atoms with Crippen molar-refractivity contribution in [2.75, 3.05) is 7.11 Å². The number of methoxy groups -OCH3 is 1. The van der Waals surface area contributed by atoms with E-state index in [9.17, 15) is 4.79 Å². The maximum Gasteiger partial charge on any atom is 0.195 e. The minimum Gasteiger partial charge on any atom is -0.496 e. The van der Waals surface area contributed by atoms with Crippen molar-refractivity contribution in [1.82, 2.24) is 0 Å². The molecule has 0 aliphatic heterocycles. The molecule has 0 saturated carbocycles. The van der Waals surface area contributed by atoms with Crippen LogP contribution in [0.3, 0.4) is 0 Å². The van der Waals surface area contributed by atoms with Gasteiger partial charge in [0.2, 0.25) is 0 Å². The number of rotatable bonds is 7. The summed E-state index contributed by atoms with van der Waals surface area (Å²) in [6.45, 7) is 0.305. The Hall–Kier alpha value is -1.79. The van der Waals surface area contributed by atoms with Crippen LogP contribution in [-0.4, -0.2) is 12.9 Å². The lowest BCUT2D eigenvalue weighted by Crippen LogP contribution is -2.00. The highest BCUT2D eigenvalue weighted by atomic mass is 79.9. The zero-order chi connectivity index (χ0) is 20.1. The largest absolute Gasteiger partial charge is 0.496 e. The van der Waals surface area contributed by atoms with E-state index in [0.717, 1.165) is 15.6 Å². The smallest absolute Gasteiger partial charge is 0.195 e. The minimum absolute atomic E-state index is 0.0874. The summed E-state index contributed by atoms with van der Waals surface area (Å²) in [5.74, 6) is 1.30. The van der Waals surface area contributed by atoms with Gasteiger partial charge < -0.3 is 9.47 Å². The maximum absolute atomic E-state index is 12.2. The molecule has 0 radical (unpaired) electrons. The summed E-state index contributed by atoms with van der Waals surface area (Å²) in [6, 6.07) is 14.4. The summed E-state index contributed by atoms with van der Waals surface area (Å²) in [7, 11) is 1.61. The standard InChI is InChI=1S/C21H15BrCl2O3S/c1-26-18-6-3-13(2-5-17(25)20-8-9-21(24)28-20)10-14(18)12-27-19-7-4-15(23)11-16(19)22/h2-11H,12H2,1H3/b5-2+. The fraction of sp³-hybridized carbons (Fsp3) is 0.0952. The van der Waals surface area contributed by atoms with Crippen LogP contribution in [0.4, 0.5) is 0 Å². The fourth-order valence-electron chi connectivity index (χ4n) is 2.46. The molecule has 0 N–H and O–H groups in total. The van der Waals surface area contributed by atoms with Crippen molar-refractivity contribution in [3.63, 3.8) is 0 Å². The number of hydrogen-bond donors (Lipinski definition) is 0. The van der Waals surface area contributed by atoms with Gasteiger partial charge in [-0.05, 0) is 70.0 Å². The summed E-state index contributed by atoms with van der Waals surface area (Å²) < 4.78 is 12.7. The van der Waals surface area contributed by atoms with Gasteiger partial charge in [-0.25, -0.2) is 0 Å². The highest BCUT2D eigenvalue weighted by molar-refractivity contribution is 9.10. The zero-order valence-corrected chi connectivity index (χ0v) is 18.7. The zero-order valence-electron chi connectivity index (χ0n) is 14.7. The Labute approximate surface area is 185 Å². The Balaban J connectivity index is 1.75. The van der Waals surface area contributed by atoms with Crippen LogP contribution in [0.1, 0.15) is 20.8 Å². The van der Waals surface area contributed by atoms with E-state index in [2.05, 4.69) is 15.9 Å². The first-order valence-electron chi connectivity index (χ1n) is 8.19. The van der Waals surface area contributed by atoms with Crippen molar-refractivity contribution < 1.29 is 14.3 Å². The second kappa shape index (κ2) is 9.61. The maximum atomic E-state index is 12.2. The van der Waals surface area contributed by atoms with Crippen molar-refractivity contribution >= 4 is 62.3 Å². The number of carbonyl (C=O) groups excluding carboxylic acids is 1. The first-order valence-corrected chi connectivity index (χ1v) is 10.6. The van der Waals surface area contributed by atoms with E-state index in [1.807, 2.05) is 18.2 Å². The normalized spacial score (nSPS) is 11.0. The minimum atomic E-state index is -0.0874. The summed E-state index contributed by atoms with van der Waals surface area (Å²) in [5.41, 5.74) is 1.73. The predicted molar refractivity (Wildman–Crippen MR) is 119 cm³/mol. The van der Waals surface area contributed by atoms with Crippen LogP contribution in [0.2, 0.25) is 9.36 Å². The number of ketones is 1. The third-order valence-corrected chi connectivity index (χ3v) is 5.93. The number of halogens is 3. The number of ether oxygens (including phenoxy) is 2. The molecule has 1 heterocycles. The molecule has 0 unspecified atom stereocenters. The van der Waals surface area contributed by atoms with Gasteiger partial charge in [-0.2, -0.15) is 0 Å². The van der Waals surface area contributed by atoms with Crippen molar-refractivity contribution in [3.8, 4) is 11.5 Å². The molecule has 3 aromatic rings. The molecular formula is C21H15BrCl2O3S. The molecule has 3 rings (SSSR count). The van der Waals surface area contributed by atoms with Crippen molar-refractivity contribution in [2.45, 2.75) is 6.61 Å². The molecule has 1 aromatic heterocycles. The molecule has 144 valence electrons. The topological polar surface area (TPSA) is 35.5 Å². The number of benzene rings is 2. The third kappa shape index (κ3) is 5.39. The molecular weight excluding hydrogens is 483 g/mol. The summed E-state index contributed by atoms with van der Waals surface area (Å²) in [6.07, 6.45) is 3.29. The molecule has 7 heteroatoms. The number of allylic oxidation sites excluding steroid dienone is 1.